The van der Waals surface area contributed by atoms with E-state index in [1.54, 1.807) is 18.2 Å². The second-order valence-electron chi connectivity index (χ2n) is 9.58. The molecule has 7 nitrogen and oxygen atoms in total. The normalized spacial score (nSPS) is 36.0. The summed E-state index contributed by atoms with van der Waals surface area (Å²) < 4.78 is 48.3. The summed E-state index contributed by atoms with van der Waals surface area (Å²) in [5.41, 5.74) is -1.52. The summed E-state index contributed by atoms with van der Waals surface area (Å²) in [6.45, 7) is 0.00236. The molecule has 1 aromatic rings. The van der Waals surface area contributed by atoms with E-state index >= 15 is 0 Å². The highest BCUT2D eigenvalue weighted by molar-refractivity contribution is 7.90. The van der Waals surface area contributed by atoms with Crippen molar-refractivity contribution in [2.24, 2.45) is 11.3 Å². The molecule has 4 fully saturated rings. The fraction of sp³-hybridized carbons (Fsp3) is 0.636. The van der Waals surface area contributed by atoms with Gasteiger partial charge in [-0.05, 0) is 63.0 Å². The van der Waals surface area contributed by atoms with Gasteiger partial charge in [-0.2, -0.15) is 0 Å². The molecule has 31 heavy (non-hydrogen) atoms. The maximum atomic E-state index is 14.5. The summed E-state index contributed by atoms with van der Waals surface area (Å²) in [7, 11) is -4.10. The molecule has 0 aromatic heterocycles. The van der Waals surface area contributed by atoms with Gasteiger partial charge in [0.2, 0.25) is 11.8 Å². The second kappa shape index (κ2) is 7.27. The van der Waals surface area contributed by atoms with E-state index in [0.29, 0.717) is 37.7 Å². The minimum atomic E-state index is -4.10. The van der Waals surface area contributed by atoms with Crippen LogP contribution in [0.5, 0.6) is 0 Å². The number of carbonyl (C=O) groups excluding carboxylic acids is 2. The molecule has 2 saturated carbocycles. The van der Waals surface area contributed by atoms with E-state index in [1.807, 2.05) is 0 Å². The van der Waals surface area contributed by atoms with Crippen LogP contribution in [0.4, 0.5) is 4.39 Å². The summed E-state index contributed by atoms with van der Waals surface area (Å²) in [5, 5.41) is 2.82. The Labute approximate surface area is 181 Å². The molecule has 0 radical (unpaired) electrons. The summed E-state index contributed by atoms with van der Waals surface area (Å²) in [6, 6.07) is 6.29. The molecule has 2 saturated heterocycles. The number of hydrogen-bond acceptors (Lipinski definition) is 5. The molecular weight excluding hydrogens is 423 g/mol. The molecule has 2 aliphatic carbocycles. The first-order chi connectivity index (χ1) is 14.7. The van der Waals surface area contributed by atoms with Crippen LogP contribution in [-0.4, -0.2) is 38.1 Å². The number of ether oxygens (including phenoxy) is 1. The number of hydrogen-bond donors (Lipinski definition) is 2. The highest BCUT2D eigenvalue weighted by Gasteiger charge is 2.58. The van der Waals surface area contributed by atoms with Crippen LogP contribution in [0.15, 0.2) is 29.2 Å². The number of carbonyl (C=O) groups is 2. The number of halogens is 1. The first kappa shape index (κ1) is 20.9. The Hall–Kier alpha value is -2.00. The Kier molecular flexibility index (Phi) is 4.89. The van der Waals surface area contributed by atoms with Gasteiger partial charge < -0.3 is 10.1 Å². The third kappa shape index (κ3) is 3.65. The number of rotatable bonds is 6. The van der Waals surface area contributed by atoms with Gasteiger partial charge in [-0.25, -0.2) is 17.5 Å². The molecule has 0 spiro atoms. The minimum absolute atomic E-state index is 0.00236. The largest absolute Gasteiger partial charge is 0.374 e. The van der Waals surface area contributed by atoms with Crippen molar-refractivity contribution in [1.82, 2.24) is 10.0 Å². The molecular formula is C22H27FN2O5S. The van der Waals surface area contributed by atoms with Gasteiger partial charge in [-0.1, -0.05) is 18.2 Å². The van der Waals surface area contributed by atoms with E-state index in [9.17, 15) is 22.4 Å². The first-order valence-corrected chi connectivity index (χ1v) is 12.5. The monoisotopic (exact) mass is 450 g/mol. The Morgan fingerprint density at radius 1 is 1.13 bits per heavy atom. The molecule has 168 valence electrons. The Morgan fingerprint density at radius 2 is 1.87 bits per heavy atom. The Balaban J connectivity index is 1.27. The second-order valence-corrected chi connectivity index (χ2v) is 11.2. The molecule has 1 aromatic carbocycles. The average molecular weight is 451 g/mol. The van der Waals surface area contributed by atoms with Gasteiger partial charge in [0.15, 0.2) is 0 Å². The average Bonchev–Trinajstić information content (AvgIpc) is 3.51. The van der Waals surface area contributed by atoms with E-state index in [0.717, 1.165) is 12.8 Å². The van der Waals surface area contributed by atoms with Crippen molar-refractivity contribution in [3.05, 3.63) is 29.8 Å². The molecule has 9 heteroatoms. The summed E-state index contributed by atoms with van der Waals surface area (Å²) in [6.07, 6.45) is 4.16. The van der Waals surface area contributed by atoms with E-state index in [2.05, 4.69) is 10.0 Å². The number of nitrogens with one attached hydrogen (secondary N) is 2. The molecule has 2 N–H and O–H groups in total. The number of benzene rings is 1. The number of alkyl halides is 1. The standard InChI is InChI=1S/C22H27FN2O5S/c23-22-9-7-21(13-22,8-10-22)20(27)24-12-14-3-1-2-4-18(14)31(28,29)25-19(26)16-11-15-5-6-17(16)30-15/h1-4,15-17H,5-13H2,(H,24,27)(H,25,26)/t15-,16-,17+,21?,22?/m1/s1. The van der Waals surface area contributed by atoms with Gasteiger partial charge in [0.25, 0.3) is 10.0 Å². The summed E-state index contributed by atoms with van der Waals surface area (Å²) in [5.74, 6) is -1.22. The van der Waals surface area contributed by atoms with Crippen molar-refractivity contribution in [2.45, 2.75) is 80.7 Å². The lowest BCUT2D eigenvalue weighted by Gasteiger charge is -2.25. The first-order valence-electron chi connectivity index (χ1n) is 11.0. The molecule has 4 bridgehead atoms. The Bertz CT molecular complexity index is 1020. The lowest BCUT2D eigenvalue weighted by atomic mass is 9.83. The van der Waals surface area contributed by atoms with Gasteiger partial charge >= 0.3 is 0 Å². The van der Waals surface area contributed by atoms with Crippen molar-refractivity contribution in [3.63, 3.8) is 0 Å². The molecule has 2 aliphatic heterocycles. The molecule has 5 rings (SSSR count). The summed E-state index contributed by atoms with van der Waals surface area (Å²) in [4.78, 5) is 25.4. The van der Waals surface area contributed by atoms with Gasteiger partial charge in [-0.3, -0.25) is 9.59 Å². The van der Waals surface area contributed by atoms with Crippen LogP contribution in [0.25, 0.3) is 0 Å². The Morgan fingerprint density at radius 3 is 2.48 bits per heavy atom. The smallest absolute Gasteiger partial charge is 0.264 e. The van der Waals surface area contributed by atoms with E-state index in [-0.39, 0.29) is 36.0 Å². The molecule has 4 aliphatic rings. The molecule has 2 amide bonds. The zero-order chi connectivity index (χ0) is 21.9. The summed E-state index contributed by atoms with van der Waals surface area (Å²) >= 11 is 0. The van der Waals surface area contributed by atoms with Crippen molar-refractivity contribution >= 4 is 21.8 Å². The van der Waals surface area contributed by atoms with Crippen molar-refractivity contribution in [3.8, 4) is 0 Å². The fourth-order valence-corrected chi connectivity index (χ4v) is 7.17. The molecule has 3 atom stereocenters. The topological polar surface area (TPSA) is 102 Å². The lowest BCUT2D eigenvalue weighted by molar-refractivity contribution is -0.130. The van der Waals surface area contributed by atoms with Crippen LogP contribution in [0.3, 0.4) is 0 Å². The van der Waals surface area contributed by atoms with E-state index in [4.69, 9.17) is 4.74 Å². The van der Waals surface area contributed by atoms with Crippen molar-refractivity contribution < 1.29 is 27.1 Å². The van der Waals surface area contributed by atoms with Gasteiger partial charge in [0.1, 0.15) is 5.67 Å². The van der Waals surface area contributed by atoms with E-state index in [1.165, 1.54) is 6.07 Å². The fourth-order valence-electron chi connectivity index (χ4n) is 5.90. The van der Waals surface area contributed by atoms with E-state index < -0.39 is 32.9 Å². The van der Waals surface area contributed by atoms with Crippen molar-refractivity contribution in [1.29, 1.82) is 0 Å². The predicted octanol–water partition coefficient (Wildman–Crippen LogP) is 2.35. The number of fused-ring (bicyclic) bond motifs is 4. The van der Waals surface area contributed by atoms with Crippen LogP contribution >= 0.6 is 0 Å². The SMILES string of the molecule is O=C(NS(=O)(=O)c1ccccc1CNC(=O)C12CCC(F)(CC1)C2)[C@@H]1C[C@H]2CC[C@@H]1O2. The zero-order valence-corrected chi connectivity index (χ0v) is 18.0. The highest BCUT2D eigenvalue weighted by Crippen LogP contribution is 2.58. The predicted molar refractivity (Wildman–Crippen MR) is 109 cm³/mol. The third-order valence-corrected chi connectivity index (χ3v) is 9.07. The quantitative estimate of drug-likeness (QED) is 0.693. The van der Waals surface area contributed by atoms with Gasteiger partial charge in [0, 0.05) is 6.54 Å². The maximum Gasteiger partial charge on any atom is 0.264 e. The van der Waals surface area contributed by atoms with Crippen LogP contribution in [0, 0.1) is 11.3 Å². The minimum Gasteiger partial charge on any atom is -0.374 e. The lowest BCUT2D eigenvalue weighted by Crippen LogP contribution is -2.40. The third-order valence-electron chi connectivity index (χ3n) is 7.62. The zero-order valence-electron chi connectivity index (χ0n) is 17.2. The van der Waals surface area contributed by atoms with Gasteiger partial charge in [0.05, 0.1) is 28.4 Å². The highest BCUT2D eigenvalue weighted by atomic mass is 32.2. The number of sulfonamides is 1. The van der Waals surface area contributed by atoms with Crippen LogP contribution in [-0.2, 0) is 30.9 Å². The molecule has 0 unspecified atom stereocenters. The van der Waals surface area contributed by atoms with Crippen LogP contribution in [0.2, 0.25) is 0 Å². The molecule has 2 heterocycles. The van der Waals surface area contributed by atoms with Crippen LogP contribution in [0.1, 0.15) is 56.9 Å². The number of amides is 2. The van der Waals surface area contributed by atoms with Crippen LogP contribution < -0.4 is 10.0 Å². The maximum absolute atomic E-state index is 14.5. The van der Waals surface area contributed by atoms with Crippen molar-refractivity contribution in [2.75, 3.05) is 0 Å². The van der Waals surface area contributed by atoms with Gasteiger partial charge in [-0.15, -0.1) is 0 Å².